The van der Waals surface area contributed by atoms with Crippen LogP contribution in [0.15, 0.2) is 40.4 Å². The van der Waals surface area contributed by atoms with Crippen LogP contribution in [0.1, 0.15) is 11.3 Å². The molecule has 24 heavy (non-hydrogen) atoms. The van der Waals surface area contributed by atoms with Gasteiger partial charge in [0, 0.05) is 27.9 Å². The molecule has 3 rings (SSSR count). The second-order valence-electron chi connectivity index (χ2n) is 5.29. The first kappa shape index (κ1) is 16.7. The maximum atomic E-state index is 12.0. The molecule has 2 amide bonds. The molecule has 2 N–H and O–H groups in total. The number of anilines is 1. The Balaban J connectivity index is 1.50. The van der Waals surface area contributed by atoms with E-state index in [1.165, 1.54) is 11.3 Å². The number of carbonyl (C=O) groups excluding carboxylic acids is 2. The van der Waals surface area contributed by atoms with Gasteiger partial charge in [-0.05, 0) is 30.7 Å². The van der Waals surface area contributed by atoms with E-state index in [9.17, 15) is 9.59 Å². The number of aryl methyl sites for hydroxylation is 1. The van der Waals surface area contributed by atoms with Crippen LogP contribution >= 0.6 is 27.3 Å². The van der Waals surface area contributed by atoms with E-state index in [0.29, 0.717) is 5.69 Å². The van der Waals surface area contributed by atoms with Crippen molar-refractivity contribution < 1.29 is 9.59 Å². The number of fused-ring (bicyclic) bond motifs is 1. The average molecular weight is 407 g/mol. The van der Waals surface area contributed by atoms with Crippen molar-refractivity contribution in [1.82, 2.24) is 14.7 Å². The first-order chi connectivity index (χ1) is 11.5. The van der Waals surface area contributed by atoms with Crippen molar-refractivity contribution in [1.29, 1.82) is 0 Å². The summed E-state index contributed by atoms with van der Waals surface area (Å²) >= 11 is 4.89. The summed E-state index contributed by atoms with van der Waals surface area (Å²) in [5.41, 5.74) is 2.36. The molecular formula is C16H15BrN4O2S. The van der Waals surface area contributed by atoms with E-state index in [1.54, 1.807) is 0 Å². The van der Waals surface area contributed by atoms with E-state index in [2.05, 4.69) is 31.5 Å². The summed E-state index contributed by atoms with van der Waals surface area (Å²) in [6.07, 6.45) is 3.86. The van der Waals surface area contributed by atoms with Gasteiger partial charge >= 0.3 is 0 Å². The number of hydrogen-bond donors (Lipinski definition) is 2. The van der Waals surface area contributed by atoms with Crippen LogP contribution in [0.5, 0.6) is 0 Å². The van der Waals surface area contributed by atoms with Gasteiger partial charge < -0.3 is 10.6 Å². The minimum absolute atomic E-state index is 0.0729. The summed E-state index contributed by atoms with van der Waals surface area (Å²) in [5, 5.41) is 7.33. The summed E-state index contributed by atoms with van der Waals surface area (Å²) < 4.78 is 2.82. The van der Waals surface area contributed by atoms with Crippen molar-refractivity contribution >= 4 is 49.7 Å². The SMILES string of the molecule is Cc1cc(Br)ccc1NC(=O)CNC(=O)Cc1cn2ccsc2n1. The second kappa shape index (κ2) is 7.14. The number of amides is 2. The molecule has 0 aliphatic heterocycles. The number of rotatable bonds is 5. The van der Waals surface area contributed by atoms with E-state index in [-0.39, 0.29) is 24.8 Å². The predicted molar refractivity (Wildman–Crippen MR) is 97.3 cm³/mol. The third-order valence-corrected chi connectivity index (χ3v) is 4.66. The van der Waals surface area contributed by atoms with Gasteiger partial charge in [0.25, 0.3) is 0 Å². The first-order valence-electron chi connectivity index (χ1n) is 7.25. The Morgan fingerprint density at radius 2 is 2.17 bits per heavy atom. The zero-order valence-electron chi connectivity index (χ0n) is 12.9. The van der Waals surface area contributed by atoms with Crippen LogP contribution in [0, 0.1) is 6.92 Å². The molecule has 0 saturated carbocycles. The molecule has 3 aromatic rings. The molecule has 0 unspecified atom stereocenters. The number of benzene rings is 1. The van der Waals surface area contributed by atoms with Crippen LogP contribution in [0.4, 0.5) is 5.69 Å². The largest absolute Gasteiger partial charge is 0.347 e. The number of imidazole rings is 1. The highest BCUT2D eigenvalue weighted by molar-refractivity contribution is 9.10. The Labute approximate surface area is 151 Å². The van der Waals surface area contributed by atoms with E-state index in [4.69, 9.17) is 0 Å². The predicted octanol–water partition coefficient (Wildman–Crippen LogP) is 2.76. The zero-order chi connectivity index (χ0) is 17.1. The molecule has 1 aromatic carbocycles. The standard InChI is InChI=1S/C16H15BrN4O2S/c1-10-6-11(17)2-3-13(10)20-15(23)8-18-14(22)7-12-9-21-4-5-24-16(21)19-12/h2-6,9H,7-8H2,1H3,(H,18,22)(H,20,23). The molecule has 0 spiro atoms. The Morgan fingerprint density at radius 3 is 2.92 bits per heavy atom. The molecular weight excluding hydrogens is 392 g/mol. The smallest absolute Gasteiger partial charge is 0.243 e. The third kappa shape index (κ3) is 4.01. The van der Waals surface area contributed by atoms with Crippen LogP contribution in [0.25, 0.3) is 4.96 Å². The van der Waals surface area contributed by atoms with Gasteiger partial charge in [0.1, 0.15) is 0 Å². The zero-order valence-corrected chi connectivity index (χ0v) is 15.3. The second-order valence-corrected chi connectivity index (χ2v) is 7.07. The molecule has 0 aliphatic carbocycles. The van der Waals surface area contributed by atoms with Crippen molar-refractivity contribution in [2.45, 2.75) is 13.3 Å². The molecule has 0 aliphatic rings. The van der Waals surface area contributed by atoms with Crippen molar-refractivity contribution in [3.05, 3.63) is 51.7 Å². The van der Waals surface area contributed by atoms with Crippen molar-refractivity contribution in [2.24, 2.45) is 0 Å². The Kier molecular flexibility index (Phi) is 4.96. The number of carbonyl (C=O) groups is 2. The van der Waals surface area contributed by atoms with Crippen molar-refractivity contribution in [3.8, 4) is 0 Å². The van der Waals surface area contributed by atoms with Gasteiger partial charge in [-0.3, -0.25) is 14.0 Å². The lowest BCUT2D eigenvalue weighted by Crippen LogP contribution is -2.34. The Morgan fingerprint density at radius 1 is 1.33 bits per heavy atom. The lowest BCUT2D eigenvalue weighted by molar-refractivity contribution is -0.123. The van der Waals surface area contributed by atoms with Gasteiger partial charge in [0.15, 0.2) is 4.96 Å². The van der Waals surface area contributed by atoms with Crippen LogP contribution in [-0.2, 0) is 16.0 Å². The Hall–Kier alpha value is -2.19. The van der Waals surface area contributed by atoms with E-state index >= 15 is 0 Å². The van der Waals surface area contributed by atoms with Gasteiger partial charge in [-0.15, -0.1) is 11.3 Å². The minimum Gasteiger partial charge on any atom is -0.347 e. The molecule has 8 heteroatoms. The fourth-order valence-electron chi connectivity index (χ4n) is 2.23. The highest BCUT2D eigenvalue weighted by Crippen LogP contribution is 2.19. The lowest BCUT2D eigenvalue weighted by Gasteiger charge is -2.09. The molecule has 0 saturated heterocycles. The van der Waals surface area contributed by atoms with E-state index < -0.39 is 0 Å². The molecule has 2 aromatic heterocycles. The first-order valence-corrected chi connectivity index (χ1v) is 8.92. The summed E-state index contributed by atoms with van der Waals surface area (Å²) in [7, 11) is 0. The molecule has 0 radical (unpaired) electrons. The highest BCUT2D eigenvalue weighted by Gasteiger charge is 2.10. The van der Waals surface area contributed by atoms with Crippen LogP contribution in [-0.4, -0.2) is 27.7 Å². The van der Waals surface area contributed by atoms with Gasteiger partial charge in [-0.1, -0.05) is 15.9 Å². The number of hydrogen-bond acceptors (Lipinski definition) is 4. The Bertz CT molecular complexity index is 874. The monoisotopic (exact) mass is 406 g/mol. The van der Waals surface area contributed by atoms with Crippen LogP contribution < -0.4 is 10.6 Å². The maximum Gasteiger partial charge on any atom is 0.243 e. The number of aromatic nitrogens is 2. The van der Waals surface area contributed by atoms with Gasteiger partial charge in [-0.25, -0.2) is 4.98 Å². The molecule has 0 fully saturated rings. The van der Waals surface area contributed by atoms with E-state index in [0.717, 1.165) is 20.7 Å². The number of nitrogens with one attached hydrogen (secondary N) is 2. The van der Waals surface area contributed by atoms with Gasteiger partial charge in [0.05, 0.1) is 18.7 Å². The topological polar surface area (TPSA) is 75.5 Å². The summed E-state index contributed by atoms with van der Waals surface area (Å²) in [6, 6.07) is 5.58. The quantitative estimate of drug-likeness (QED) is 0.683. The third-order valence-electron chi connectivity index (χ3n) is 3.39. The number of thiazole rings is 1. The fourth-order valence-corrected chi connectivity index (χ4v) is 3.42. The normalized spacial score (nSPS) is 10.8. The van der Waals surface area contributed by atoms with Crippen LogP contribution in [0.2, 0.25) is 0 Å². The molecule has 6 nitrogen and oxygen atoms in total. The molecule has 124 valence electrons. The lowest BCUT2D eigenvalue weighted by atomic mass is 10.2. The van der Waals surface area contributed by atoms with Gasteiger partial charge in [0.2, 0.25) is 11.8 Å². The van der Waals surface area contributed by atoms with Crippen LogP contribution in [0.3, 0.4) is 0 Å². The minimum atomic E-state index is -0.264. The van der Waals surface area contributed by atoms with Crippen molar-refractivity contribution in [2.75, 3.05) is 11.9 Å². The number of nitrogens with zero attached hydrogens (tertiary/aromatic N) is 2. The average Bonchev–Trinajstić information content (AvgIpc) is 3.09. The molecule has 2 heterocycles. The summed E-state index contributed by atoms with van der Waals surface area (Å²) in [6.45, 7) is 1.83. The maximum absolute atomic E-state index is 12.0. The summed E-state index contributed by atoms with van der Waals surface area (Å²) in [5.74, 6) is -0.497. The van der Waals surface area contributed by atoms with Gasteiger partial charge in [-0.2, -0.15) is 0 Å². The number of halogens is 1. The summed E-state index contributed by atoms with van der Waals surface area (Å²) in [4.78, 5) is 29.1. The van der Waals surface area contributed by atoms with E-state index in [1.807, 2.05) is 47.3 Å². The fraction of sp³-hybridized carbons (Fsp3) is 0.188. The highest BCUT2D eigenvalue weighted by atomic mass is 79.9. The van der Waals surface area contributed by atoms with Crippen molar-refractivity contribution in [3.63, 3.8) is 0 Å². The molecule has 0 bridgehead atoms. The molecule has 0 atom stereocenters.